The Kier molecular flexibility index (Phi) is 7.27. The highest BCUT2D eigenvalue weighted by Gasteiger charge is 2.47. The minimum atomic E-state index is -0.792. The molecule has 128 valence electrons. The molecular formula is C15H32O6. The molecule has 2 bridgehead atoms. The van der Waals surface area contributed by atoms with E-state index in [0.717, 1.165) is 19.8 Å². The van der Waals surface area contributed by atoms with Gasteiger partial charge < -0.3 is 28.4 Å². The second-order valence-electron chi connectivity index (χ2n) is 5.85. The first kappa shape index (κ1) is 20.8. The Balaban J connectivity index is 0.000000350. The van der Waals surface area contributed by atoms with Crippen LogP contribution in [0.4, 0.5) is 0 Å². The van der Waals surface area contributed by atoms with E-state index in [1.165, 1.54) is 0 Å². The van der Waals surface area contributed by atoms with Crippen LogP contribution in [0.15, 0.2) is 0 Å². The third-order valence-electron chi connectivity index (χ3n) is 3.41. The molecule has 0 aromatic carbocycles. The minimum absolute atomic E-state index is 0. The van der Waals surface area contributed by atoms with Gasteiger partial charge in [0, 0.05) is 26.4 Å². The van der Waals surface area contributed by atoms with E-state index in [9.17, 15) is 0 Å². The van der Waals surface area contributed by atoms with Crippen molar-refractivity contribution in [1.29, 1.82) is 0 Å². The lowest BCUT2D eigenvalue weighted by molar-refractivity contribution is -0.457. The molecule has 4 fully saturated rings. The molecule has 0 saturated carbocycles. The fourth-order valence-electron chi connectivity index (χ4n) is 1.98. The highest BCUT2D eigenvalue weighted by molar-refractivity contribution is 4.82. The summed E-state index contributed by atoms with van der Waals surface area (Å²) in [7, 11) is 1.57. The molecule has 0 spiro atoms. The van der Waals surface area contributed by atoms with Crippen LogP contribution in [0.25, 0.3) is 0 Å². The van der Waals surface area contributed by atoms with Gasteiger partial charge in [-0.2, -0.15) is 0 Å². The molecule has 0 aromatic heterocycles. The molecular weight excluding hydrogens is 276 g/mol. The summed E-state index contributed by atoms with van der Waals surface area (Å²) in [5.74, 6) is -1.53. The lowest BCUT2D eigenvalue weighted by atomic mass is 9.92. The summed E-state index contributed by atoms with van der Waals surface area (Å²) in [5, 5.41) is 0. The average molecular weight is 308 g/mol. The van der Waals surface area contributed by atoms with Crippen molar-refractivity contribution in [2.45, 2.75) is 60.6 Å². The SMILES string of the molecule is C.C.CC12COC(C)(OC1)OC2.COC1(C)OCC(C)O1. The number of hydrogen-bond acceptors (Lipinski definition) is 6. The van der Waals surface area contributed by atoms with E-state index in [1.54, 1.807) is 14.0 Å². The predicted octanol–water partition coefficient (Wildman–Crippen LogP) is 2.76. The molecule has 6 nitrogen and oxygen atoms in total. The van der Waals surface area contributed by atoms with E-state index in [4.69, 9.17) is 28.4 Å². The van der Waals surface area contributed by atoms with Gasteiger partial charge in [0.1, 0.15) is 0 Å². The normalized spacial score (nSPS) is 44.1. The zero-order valence-corrected chi connectivity index (χ0v) is 12.4. The molecule has 2 unspecified atom stereocenters. The molecule has 21 heavy (non-hydrogen) atoms. The fourth-order valence-corrected chi connectivity index (χ4v) is 1.98. The van der Waals surface area contributed by atoms with Crippen LogP contribution in [0.3, 0.4) is 0 Å². The van der Waals surface area contributed by atoms with Crippen LogP contribution in [-0.2, 0) is 28.4 Å². The Morgan fingerprint density at radius 2 is 1.38 bits per heavy atom. The molecule has 4 saturated heterocycles. The van der Waals surface area contributed by atoms with Crippen LogP contribution in [0.2, 0.25) is 0 Å². The topological polar surface area (TPSA) is 55.4 Å². The van der Waals surface area contributed by atoms with Gasteiger partial charge in [-0.05, 0) is 6.92 Å². The molecule has 0 aromatic rings. The van der Waals surface area contributed by atoms with Gasteiger partial charge in [-0.25, -0.2) is 0 Å². The summed E-state index contributed by atoms with van der Waals surface area (Å²) in [6.45, 7) is 10.5. The highest BCUT2D eigenvalue weighted by Crippen LogP contribution is 2.37. The van der Waals surface area contributed by atoms with Crippen molar-refractivity contribution in [3.8, 4) is 0 Å². The van der Waals surface area contributed by atoms with E-state index < -0.39 is 11.9 Å². The summed E-state index contributed by atoms with van der Waals surface area (Å²) in [6, 6.07) is 0. The monoisotopic (exact) mass is 308 g/mol. The zero-order chi connectivity index (χ0) is 14.1. The van der Waals surface area contributed by atoms with E-state index in [2.05, 4.69) is 6.92 Å². The summed E-state index contributed by atoms with van der Waals surface area (Å²) >= 11 is 0. The van der Waals surface area contributed by atoms with Crippen molar-refractivity contribution in [2.75, 3.05) is 33.5 Å². The third-order valence-corrected chi connectivity index (χ3v) is 3.41. The van der Waals surface area contributed by atoms with E-state index in [1.807, 2.05) is 13.8 Å². The molecule has 6 heteroatoms. The van der Waals surface area contributed by atoms with E-state index >= 15 is 0 Å². The lowest BCUT2D eigenvalue weighted by Crippen LogP contribution is -2.57. The summed E-state index contributed by atoms with van der Waals surface area (Å²) < 4.78 is 31.3. The maximum absolute atomic E-state index is 5.32. The van der Waals surface area contributed by atoms with Crippen molar-refractivity contribution < 1.29 is 28.4 Å². The first-order chi connectivity index (χ1) is 8.78. The molecule has 4 aliphatic heterocycles. The Labute approximate surface area is 129 Å². The first-order valence-electron chi connectivity index (χ1n) is 6.57. The molecule has 2 atom stereocenters. The van der Waals surface area contributed by atoms with Crippen molar-refractivity contribution in [1.82, 2.24) is 0 Å². The van der Waals surface area contributed by atoms with Gasteiger partial charge in [0.05, 0.1) is 32.5 Å². The van der Waals surface area contributed by atoms with Crippen molar-refractivity contribution >= 4 is 0 Å². The summed E-state index contributed by atoms with van der Waals surface area (Å²) in [5.41, 5.74) is 0.0950. The van der Waals surface area contributed by atoms with Gasteiger partial charge in [0.2, 0.25) is 0 Å². The molecule has 0 amide bonds. The zero-order valence-electron chi connectivity index (χ0n) is 12.4. The van der Waals surface area contributed by atoms with E-state index in [-0.39, 0.29) is 26.4 Å². The standard InChI is InChI=1S/C7H12O3.C6H12O3.2CH4/c1-6-3-8-7(2,9-4-6)10-5-6;1-5-4-8-6(2,7-3)9-5;;/h3-5H2,1-2H3;5H,4H2,1-3H3;2*1H4. The summed E-state index contributed by atoms with van der Waals surface area (Å²) in [4.78, 5) is 0. The fraction of sp³-hybridized carbons (Fsp3) is 1.00. The maximum Gasteiger partial charge on any atom is 0.280 e. The number of ether oxygens (including phenoxy) is 6. The van der Waals surface area contributed by atoms with Gasteiger partial charge in [-0.15, -0.1) is 0 Å². The predicted molar refractivity (Wildman–Crippen MR) is 79.7 cm³/mol. The Morgan fingerprint density at radius 3 is 1.62 bits per heavy atom. The third kappa shape index (κ3) is 5.16. The molecule has 0 aliphatic carbocycles. The Morgan fingerprint density at radius 1 is 0.905 bits per heavy atom. The van der Waals surface area contributed by atoms with Crippen LogP contribution < -0.4 is 0 Å². The van der Waals surface area contributed by atoms with Crippen molar-refractivity contribution in [3.63, 3.8) is 0 Å². The van der Waals surface area contributed by atoms with Crippen LogP contribution in [0, 0.1) is 5.41 Å². The first-order valence-corrected chi connectivity index (χ1v) is 6.57. The average Bonchev–Trinajstić information content (AvgIpc) is 2.73. The molecule has 4 rings (SSSR count). The molecule has 0 N–H and O–H groups in total. The van der Waals surface area contributed by atoms with Crippen LogP contribution >= 0.6 is 0 Å². The quantitative estimate of drug-likeness (QED) is 0.742. The van der Waals surface area contributed by atoms with Crippen LogP contribution in [-0.4, -0.2) is 51.6 Å². The second kappa shape index (κ2) is 7.35. The van der Waals surface area contributed by atoms with Crippen LogP contribution in [0.1, 0.15) is 42.5 Å². The lowest BCUT2D eigenvalue weighted by Gasteiger charge is -2.48. The Hall–Kier alpha value is -0.240. The highest BCUT2D eigenvalue weighted by atomic mass is 16.9. The van der Waals surface area contributed by atoms with Gasteiger partial charge in [0.15, 0.2) is 0 Å². The smallest absolute Gasteiger partial charge is 0.280 e. The van der Waals surface area contributed by atoms with Gasteiger partial charge >= 0.3 is 0 Å². The van der Waals surface area contributed by atoms with Gasteiger partial charge in [-0.1, -0.05) is 21.8 Å². The molecule has 4 aliphatic rings. The Bertz CT molecular complexity index is 279. The number of methoxy groups -OCH3 is 1. The molecule has 0 radical (unpaired) electrons. The summed E-state index contributed by atoms with van der Waals surface area (Å²) in [6.07, 6.45) is 0.148. The maximum atomic E-state index is 5.32. The minimum Gasteiger partial charge on any atom is -0.331 e. The van der Waals surface area contributed by atoms with Crippen molar-refractivity contribution in [2.24, 2.45) is 5.41 Å². The van der Waals surface area contributed by atoms with Crippen molar-refractivity contribution in [3.05, 3.63) is 0 Å². The van der Waals surface area contributed by atoms with Gasteiger partial charge in [-0.3, -0.25) is 0 Å². The number of rotatable bonds is 1. The number of fused-ring (bicyclic) bond motifs is 3. The van der Waals surface area contributed by atoms with E-state index in [0.29, 0.717) is 6.61 Å². The molecule has 4 heterocycles. The number of hydrogen-bond donors (Lipinski definition) is 0. The largest absolute Gasteiger partial charge is 0.331 e. The van der Waals surface area contributed by atoms with Gasteiger partial charge in [0.25, 0.3) is 11.9 Å². The van der Waals surface area contributed by atoms with Crippen LogP contribution in [0.5, 0.6) is 0 Å². The second-order valence-corrected chi connectivity index (χ2v) is 5.85.